The summed E-state index contributed by atoms with van der Waals surface area (Å²) in [4.78, 5) is 12.4. The van der Waals surface area contributed by atoms with Gasteiger partial charge in [0.25, 0.3) is 0 Å². The van der Waals surface area contributed by atoms with E-state index >= 15 is 0 Å². The molecule has 6 nitrogen and oxygen atoms in total. The fraction of sp³-hybridized carbons (Fsp3) is 0.143. The topological polar surface area (TPSA) is 80.3 Å². The second-order valence-electron chi connectivity index (χ2n) is 6.47. The molecule has 0 aliphatic carbocycles. The number of rotatable bonds is 2. The highest BCUT2D eigenvalue weighted by Gasteiger charge is 2.16. The number of halogens is 1. The third kappa shape index (κ3) is 4.58. The summed E-state index contributed by atoms with van der Waals surface area (Å²) in [6.45, 7) is 0. The maximum Gasteiger partial charge on any atom is 0.343 e. The van der Waals surface area contributed by atoms with E-state index in [4.69, 9.17) is 4.42 Å². The zero-order valence-corrected chi connectivity index (χ0v) is 17.9. The largest absolute Gasteiger partial charge is 1.00 e. The van der Waals surface area contributed by atoms with Crippen LogP contribution < -0.4 is 31.9 Å². The van der Waals surface area contributed by atoms with Crippen molar-refractivity contribution in [1.29, 1.82) is 0 Å². The number of hydrogen-bond acceptors (Lipinski definition) is 4. The lowest BCUT2D eigenvalue weighted by Crippen LogP contribution is -3.00. The Kier molecular flexibility index (Phi) is 5.91. The fourth-order valence-corrected chi connectivity index (χ4v) is 3.91. The van der Waals surface area contributed by atoms with Crippen molar-refractivity contribution in [2.75, 3.05) is 10.5 Å². The molecule has 0 saturated carbocycles. The molecule has 3 aromatic rings. The van der Waals surface area contributed by atoms with E-state index in [1.807, 2.05) is 42.1 Å². The van der Waals surface area contributed by atoms with Crippen LogP contribution in [-0.4, -0.2) is 14.2 Å². The van der Waals surface area contributed by atoms with Crippen LogP contribution in [-0.2, 0) is 17.1 Å². The van der Waals surface area contributed by atoms with E-state index in [-0.39, 0.29) is 29.2 Å². The Bertz CT molecular complexity index is 1350. The molecule has 2 aromatic heterocycles. The van der Waals surface area contributed by atoms with E-state index in [9.17, 15) is 13.2 Å². The summed E-state index contributed by atoms with van der Waals surface area (Å²) in [6.07, 6.45) is 5.66. The van der Waals surface area contributed by atoms with Crippen molar-refractivity contribution < 1.29 is 34.4 Å². The third-order valence-corrected chi connectivity index (χ3v) is 5.68. The van der Waals surface area contributed by atoms with Gasteiger partial charge in [-0.15, -0.1) is 0 Å². The molecule has 1 aromatic carbocycles. The summed E-state index contributed by atoms with van der Waals surface area (Å²) in [6, 6.07) is 10.7. The van der Waals surface area contributed by atoms with Gasteiger partial charge in [0.2, 0.25) is 15.7 Å². The van der Waals surface area contributed by atoms with Gasteiger partial charge in [0.1, 0.15) is 12.6 Å². The monoisotopic (exact) mass is 472 g/mol. The molecule has 0 unspecified atom stereocenters. The molecule has 1 aliphatic heterocycles. The van der Waals surface area contributed by atoms with Crippen molar-refractivity contribution in [2.24, 2.45) is 7.05 Å². The summed E-state index contributed by atoms with van der Waals surface area (Å²) >= 11 is 0. The lowest BCUT2D eigenvalue weighted by molar-refractivity contribution is -0.673. The smallest absolute Gasteiger partial charge is 0.343 e. The molecule has 0 saturated heterocycles. The Morgan fingerprint density at radius 2 is 2.03 bits per heavy atom. The minimum absolute atomic E-state index is 0. The van der Waals surface area contributed by atoms with Gasteiger partial charge >= 0.3 is 5.63 Å². The first-order valence-corrected chi connectivity index (χ1v) is 10.3. The molecule has 0 fully saturated rings. The molecular formula is C21H17BrN2O4S. The van der Waals surface area contributed by atoms with Crippen molar-refractivity contribution in [1.82, 2.24) is 0 Å². The number of pyridine rings is 1. The van der Waals surface area contributed by atoms with Crippen molar-refractivity contribution >= 4 is 38.8 Å². The number of sulfonamides is 1. The summed E-state index contributed by atoms with van der Waals surface area (Å²) in [7, 11) is -1.55. The first-order valence-electron chi connectivity index (χ1n) is 8.65. The lowest BCUT2D eigenvalue weighted by atomic mass is 10.1. The molecule has 0 atom stereocenters. The fourth-order valence-electron chi connectivity index (χ4n) is 2.93. The maximum atomic E-state index is 12.4. The molecule has 148 valence electrons. The molecule has 0 radical (unpaired) electrons. The SMILES string of the molecule is C[n+]1ccccc1/C=C/c1cc2cc3c(cc2oc1=O)C#CCCS(=O)(=O)N3.[Br-]. The molecule has 1 aliphatic rings. The number of aryl methyl sites for hydroxylation is 1. The number of anilines is 1. The van der Waals surface area contributed by atoms with Crippen LogP contribution in [0.3, 0.4) is 0 Å². The predicted molar refractivity (Wildman–Crippen MR) is 108 cm³/mol. The maximum absolute atomic E-state index is 12.4. The van der Waals surface area contributed by atoms with Crippen LogP contribution in [0.15, 0.2) is 51.8 Å². The summed E-state index contributed by atoms with van der Waals surface area (Å²) in [5, 5.41) is 0.612. The number of hydrogen-bond donors (Lipinski definition) is 1. The Balaban J connectivity index is 0.00000240. The van der Waals surface area contributed by atoms with Crippen LogP contribution in [0.4, 0.5) is 5.69 Å². The lowest BCUT2D eigenvalue weighted by Gasteiger charge is -2.12. The standard InChI is InChI=1S/C21H17N2O4S.BrH/c1-23-10-4-2-7-18(23)9-8-16-12-17-13-19-15(14-20(17)27-21(16)24)6-3-5-11-28(25,26)22-19;/h2,4,7-10,12-14,22H,5,11H2,1H3;1H/q+1;/p-1/b9-8+;. The van der Waals surface area contributed by atoms with E-state index in [2.05, 4.69) is 16.6 Å². The van der Waals surface area contributed by atoms with Crippen LogP contribution >= 0.6 is 0 Å². The Morgan fingerprint density at radius 1 is 1.21 bits per heavy atom. The molecule has 29 heavy (non-hydrogen) atoms. The number of aromatic nitrogens is 1. The van der Waals surface area contributed by atoms with Crippen molar-refractivity contribution in [2.45, 2.75) is 6.42 Å². The Morgan fingerprint density at radius 3 is 2.83 bits per heavy atom. The number of benzene rings is 1. The van der Waals surface area contributed by atoms with Gasteiger partial charge in [-0.25, -0.2) is 17.8 Å². The third-order valence-electron chi connectivity index (χ3n) is 4.41. The van der Waals surface area contributed by atoms with Gasteiger partial charge in [-0.05, 0) is 30.3 Å². The summed E-state index contributed by atoms with van der Waals surface area (Å²) in [5.74, 6) is 5.71. The van der Waals surface area contributed by atoms with Crippen molar-refractivity contribution in [3.63, 3.8) is 0 Å². The summed E-state index contributed by atoms with van der Waals surface area (Å²) < 4.78 is 34.1. The zero-order valence-electron chi connectivity index (χ0n) is 15.5. The first kappa shape index (κ1) is 20.8. The van der Waals surface area contributed by atoms with Crippen LogP contribution in [0.25, 0.3) is 23.1 Å². The van der Waals surface area contributed by atoms with Crippen LogP contribution in [0.5, 0.6) is 0 Å². The Hall–Kier alpha value is -2.89. The minimum Gasteiger partial charge on any atom is -1.00 e. The van der Waals surface area contributed by atoms with Crippen LogP contribution in [0.1, 0.15) is 23.2 Å². The normalized spacial score (nSPS) is 14.7. The first-order chi connectivity index (χ1) is 13.4. The molecular weight excluding hydrogens is 456 g/mol. The molecule has 0 bridgehead atoms. The van der Waals surface area contributed by atoms with Gasteiger partial charge in [0.05, 0.1) is 22.6 Å². The van der Waals surface area contributed by atoms with E-state index in [0.717, 1.165) is 5.69 Å². The highest BCUT2D eigenvalue weighted by molar-refractivity contribution is 7.92. The van der Waals surface area contributed by atoms with E-state index < -0.39 is 15.6 Å². The molecule has 0 amide bonds. The quantitative estimate of drug-likeness (QED) is 0.303. The molecule has 4 rings (SSSR count). The van der Waals surface area contributed by atoms with Gasteiger partial charge in [-0.1, -0.05) is 11.8 Å². The van der Waals surface area contributed by atoms with Gasteiger partial charge in [-0.2, -0.15) is 0 Å². The zero-order chi connectivity index (χ0) is 19.7. The van der Waals surface area contributed by atoms with E-state index in [1.54, 1.807) is 24.3 Å². The average molecular weight is 473 g/mol. The predicted octanol–water partition coefficient (Wildman–Crippen LogP) is -0.711. The minimum atomic E-state index is -3.46. The van der Waals surface area contributed by atoms with E-state index in [0.29, 0.717) is 27.8 Å². The summed E-state index contributed by atoms with van der Waals surface area (Å²) in [5.41, 5.74) is 2.05. The van der Waals surface area contributed by atoms with E-state index in [1.165, 1.54) is 0 Å². The van der Waals surface area contributed by atoms with Crippen LogP contribution in [0, 0.1) is 11.8 Å². The molecule has 8 heteroatoms. The second-order valence-corrected chi connectivity index (χ2v) is 8.31. The average Bonchev–Trinajstić information content (AvgIpc) is 2.64. The highest BCUT2D eigenvalue weighted by atomic mass is 79.9. The molecule has 0 spiro atoms. The second kappa shape index (κ2) is 8.23. The van der Waals surface area contributed by atoms with Crippen molar-refractivity contribution in [3.8, 4) is 11.8 Å². The van der Waals surface area contributed by atoms with Gasteiger partial charge < -0.3 is 21.4 Å². The van der Waals surface area contributed by atoms with Gasteiger partial charge in [0.15, 0.2) is 6.20 Å². The molecule has 1 N–H and O–H groups in total. The van der Waals surface area contributed by atoms with Crippen LogP contribution in [0.2, 0.25) is 0 Å². The van der Waals surface area contributed by atoms with Gasteiger partial charge in [-0.3, -0.25) is 4.72 Å². The van der Waals surface area contributed by atoms with Gasteiger partial charge in [0, 0.05) is 30.0 Å². The number of nitrogens with zero attached hydrogens (tertiary/aromatic N) is 1. The van der Waals surface area contributed by atoms with Crippen molar-refractivity contribution in [3.05, 3.63) is 69.8 Å². The number of fused-ring (bicyclic) bond motifs is 2. The number of nitrogens with one attached hydrogen (secondary N) is 1. The highest BCUT2D eigenvalue weighted by Crippen LogP contribution is 2.25. The molecule has 3 heterocycles. The Labute approximate surface area is 178 Å².